The summed E-state index contributed by atoms with van der Waals surface area (Å²) in [7, 11) is 5.04. The van der Waals surface area contributed by atoms with Crippen LogP contribution >= 0.6 is 22.9 Å². The molecule has 9 nitrogen and oxygen atoms in total. The van der Waals surface area contributed by atoms with Crippen LogP contribution in [0.5, 0.6) is 0 Å². The van der Waals surface area contributed by atoms with Gasteiger partial charge in [0, 0.05) is 35.6 Å². The van der Waals surface area contributed by atoms with Gasteiger partial charge in [0.15, 0.2) is 11.6 Å². The summed E-state index contributed by atoms with van der Waals surface area (Å²) in [5.74, 6) is -3.98. The van der Waals surface area contributed by atoms with Crippen molar-refractivity contribution in [1.29, 1.82) is 0 Å². The molecule has 0 spiro atoms. The lowest BCUT2D eigenvalue weighted by Crippen LogP contribution is -2.54. The average molecular weight is 560 g/mol. The highest BCUT2D eigenvalue weighted by Crippen LogP contribution is 2.29. The number of anilines is 1. The number of fused-ring (bicyclic) bond motifs is 1. The van der Waals surface area contributed by atoms with Crippen molar-refractivity contribution in [3.05, 3.63) is 107 Å². The maximum atomic E-state index is 14.6. The van der Waals surface area contributed by atoms with E-state index in [1.165, 1.54) is 11.3 Å². The Labute approximate surface area is 224 Å². The van der Waals surface area contributed by atoms with Gasteiger partial charge < -0.3 is 10.3 Å². The van der Waals surface area contributed by atoms with Gasteiger partial charge in [-0.1, -0.05) is 11.6 Å². The molecule has 2 aromatic heterocycles. The molecule has 194 valence electrons. The maximum Gasteiger partial charge on any atom is 0.354 e. The van der Waals surface area contributed by atoms with Crippen LogP contribution in [0, 0.1) is 17.5 Å². The highest BCUT2D eigenvalue weighted by atomic mass is 35.5. The summed E-state index contributed by atoms with van der Waals surface area (Å²) in [5, 5.41) is 5.38. The molecule has 16 heteroatoms. The van der Waals surface area contributed by atoms with E-state index in [2.05, 4.69) is 20.7 Å². The molecule has 2 aliphatic rings. The van der Waals surface area contributed by atoms with E-state index in [-0.39, 0.29) is 22.6 Å². The van der Waals surface area contributed by atoms with E-state index in [9.17, 15) is 22.8 Å². The molecule has 3 heterocycles. The van der Waals surface area contributed by atoms with Crippen LogP contribution in [-0.2, 0) is 11.9 Å². The number of hydrogen-bond donors (Lipinski definition) is 2. The third-order valence-corrected chi connectivity index (χ3v) is 7.20. The van der Waals surface area contributed by atoms with Gasteiger partial charge in [-0.3, -0.25) is 4.57 Å². The fourth-order valence-corrected chi connectivity index (χ4v) is 5.22. The molecule has 0 radical (unpaired) electrons. The zero-order valence-corrected chi connectivity index (χ0v) is 21.9. The molecule has 0 amide bonds. The molecular weight excluding hydrogens is 540 g/mol. The average Bonchev–Trinajstić information content (AvgIpc) is 3.49. The number of rotatable bonds is 6. The highest BCUT2D eigenvalue weighted by molar-refractivity contribution is 7.07. The van der Waals surface area contributed by atoms with Gasteiger partial charge in [-0.15, -0.1) is 11.3 Å². The van der Waals surface area contributed by atoms with Crippen LogP contribution in [0.2, 0.25) is 0 Å². The van der Waals surface area contributed by atoms with Crippen molar-refractivity contribution in [2.45, 2.75) is 17.9 Å². The monoisotopic (exact) mass is 559 g/mol. The van der Waals surface area contributed by atoms with Crippen molar-refractivity contribution in [3.8, 4) is 0 Å². The van der Waals surface area contributed by atoms with E-state index in [4.69, 9.17) is 11.6 Å². The van der Waals surface area contributed by atoms with Crippen LogP contribution in [-0.4, -0.2) is 52.9 Å². The lowest BCUT2D eigenvalue weighted by atomic mass is 9.60. The normalized spacial score (nSPS) is 17.1. The molecule has 38 heavy (non-hydrogen) atoms. The molecule has 5 rings (SSSR count). The van der Waals surface area contributed by atoms with Gasteiger partial charge in [0.25, 0.3) is 0 Å². The van der Waals surface area contributed by atoms with Gasteiger partial charge >= 0.3 is 11.4 Å². The quantitative estimate of drug-likeness (QED) is 0.333. The van der Waals surface area contributed by atoms with Crippen molar-refractivity contribution >= 4 is 44.6 Å². The number of nitrogens with zero attached hydrogens (tertiary/aromatic N) is 5. The van der Waals surface area contributed by atoms with E-state index >= 15 is 0 Å². The molecule has 2 N–H and O–H groups in total. The van der Waals surface area contributed by atoms with Crippen LogP contribution in [0.1, 0.15) is 11.3 Å². The Morgan fingerprint density at radius 3 is 2.66 bits per heavy atom. The maximum absolute atomic E-state index is 14.6. The molecule has 1 aromatic carbocycles. The van der Waals surface area contributed by atoms with Crippen LogP contribution in [0.15, 0.2) is 67.3 Å². The molecule has 0 saturated heterocycles. The van der Waals surface area contributed by atoms with Gasteiger partial charge in [0.2, 0.25) is 5.95 Å². The first-order valence-electron chi connectivity index (χ1n) is 11.3. The van der Waals surface area contributed by atoms with Crippen LogP contribution in [0.4, 0.5) is 19.1 Å². The Bertz CT molecular complexity index is 1650. The van der Waals surface area contributed by atoms with Gasteiger partial charge in [-0.05, 0) is 23.8 Å². The van der Waals surface area contributed by atoms with E-state index in [0.717, 1.165) is 14.7 Å². The lowest BCUT2D eigenvalue weighted by molar-refractivity contribution is 0.349. The summed E-state index contributed by atoms with van der Waals surface area (Å²) in [6.07, 6.45) is 5.27. The Balaban J connectivity index is 1.66. The second kappa shape index (κ2) is 9.64. The summed E-state index contributed by atoms with van der Waals surface area (Å²) in [6, 6.07) is 0.881. The second-order valence-electron chi connectivity index (χ2n) is 9.26. The third kappa shape index (κ3) is 4.61. The molecule has 1 aliphatic carbocycles. The predicted octanol–water partition coefficient (Wildman–Crippen LogP) is 0.386. The minimum Gasteiger partial charge on any atom is -0.324 e. The van der Waals surface area contributed by atoms with E-state index in [1.807, 2.05) is 13.2 Å². The Morgan fingerprint density at radius 1 is 1.21 bits per heavy atom. The van der Waals surface area contributed by atoms with E-state index < -0.39 is 40.7 Å². The molecule has 3 aromatic rings. The molecule has 1 atom stereocenters. The number of halogens is 4. The Kier molecular flexibility index (Phi) is 6.61. The van der Waals surface area contributed by atoms with Crippen molar-refractivity contribution in [3.63, 3.8) is 0 Å². The number of thiazole rings is 1. The smallest absolute Gasteiger partial charge is 0.324 e. The molecular formula is C22H19B2ClF3N7O2S. The van der Waals surface area contributed by atoms with E-state index in [1.54, 1.807) is 43.7 Å². The largest absolute Gasteiger partial charge is 0.354 e. The van der Waals surface area contributed by atoms with Gasteiger partial charge in [0.05, 0.1) is 34.5 Å². The fraction of sp³-hybridized carbons (Fsp3) is 0.182. The topological polar surface area (TPSA) is 97.1 Å². The van der Waals surface area contributed by atoms with Gasteiger partial charge in [-0.2, -0.15) is 4.98 Å². The number of nitrogens with one attached hydrogen (secondary N) is 2. The number of aromatic nitrogens is 4. The minimum atomic E-state index is -1.37. The third-order valence-electron chi connectivity index (χ3n) is 6.28. The van der Waals surface area contributed by atoms with Crippen molar-refractivity contribution in [2.75, 3.05) is 12.4 Å². The van der Waals surface area contributed by atoms with Crippen molar-refractivity contribution < 1.29 is 13.2 Å². The first-order valence-corrected chi connectivity index (χ1v) is 12.6. The highest BCUT2D eigenvalue weighted by Gasteiger charge is 2.32. The zero-order valence-electron chi connectivity index (χ0n) is 20.3. The first kappa shape index (κ1) is 26.1. The van der Waals surface area contributed by atoms with Gasteiger partial charge in [-0.25, -0.2) is 37.7 Å². The zero-order chi connectivity index (χ0) is 27.4. The van der Waals surface area contributed by atoms with Crippen LogP contribution < -0.4 is 22.1 Å². The lowest BCUT2D eigenvalue weighted by Gasteiger charge is -2.27. The minimum absolute atomic E-state index is 0.170. The number of benzene rings is 1. The van der Waals surface area contributed by atoms with E-state index in [0.29, 0.717) is 23.5 Å². The SMILES string of the molecule is BC(B)(c1cscn1)n1c(=O)nc(NC2=CC3=CN(C)NC3C=C2Cl)n(Cc2cc(F)c(F)cc2F)c1=O. The van der Waals surface area contributed by atoms with Gasteiger partial charge in [0.1, 0.15) is 21.5 Å². The Morgan fingerprint density at radius 2 is 1.95 bits per heavy atom. The standard InChI is InChI=1S/C22H19B2ClF3N7O2S/c1-33-6-11-3-17(12(25)4-16(11)32-33)30-19-31-20(36)35(22(23,24)18-8-38-9-29-18)21(37)34(19)7-10-2-14(27)15(28)5-13(10)26/h2-6,8-9,16,32H,7,23-24H2,1H3,(H,30,31,36). The number of allylic oxidation sites excluding steroid dienone is 1. The molecule has 1 unspecified atom stereocenters. The number of hydrazine groups is 1. The van der Waals surface area contributed by atoms with Crippen LogP contribution in [0.25, 0.3) is 0 Å². The predicted molar refractivity (Wildman–Crippen MR) is 143 cm³/mol. The number of hydrogen-bond acceptors (Lipinski definition) is 8. The summed E-state index contributed by atoms with van der Waals surface area (Å²) >= 11 is 7.74. The van der Waals surface area contributed by atoms with Crippen LogP contribution in [0.3, 0.4) is 0 Å². The first-order chi connectivity index (χ1) is 18.0. The molecule has 0 fully saturated rings. The van der Waals surface area contributed by atoms with Crippen molar-refractivity contribution in [1.82, 2.24) is 29.5 Å². The molecule has 0 saturated carbocycles. The van der Waals surface area contributed by atoms with Crippen molar-refractivity contribution in [2.24, 2.45) is 0 Å². The Hall–Kier alpha value is -3.55. The second-order valence-corrected chi connectivity index (χ2v) is 10.4. The summed E-state index contributed by atoms with van der Waals surface area (Å²) in [6.45, 7) is -0.561. The summed E-state index contributed by atoms with van der Waals surface area (Å²) in [5.41, 5.74) is 4.24. The summed E-state index contributed by atoms with van der Waals surface area (Å²) in [4.78, 5) is 35.3. The molecule has 1 aliphatic heterocycles. The fourth-order valence-electron chi connectivity index (χ4n) is 4.28. The summed E-state index contributed by atoms with van der Waals surface area (Å²) < 4.78 is 44.0. The molecule has 0 bridgehead atoms.